The average molecular weight is 374 g/mol. The zero-order chi connectivity index (χ0) is 14.7. The number of nitrogens with one attached hydrogen (secondary N) is 1. The van der Waals surface area contributed by atoms with Gasteiger partial charge in [-0.15, -0.1) is 0 Å². The number of hydrogen-bond donors (Lipinski definition) is 1. The van der Waals surface area contributed by atoms with Crippen molar-refractivity contribution >= 4 is 56.2 Å². The minimum Gasteiger partial charge on any atom is -0.493 e. The van der Waals surface area contributed by atoms with Crippen LogP contribution >= 0.6 is 39.9 Å². The lowest BCUT2D eigenvalue weighted by Crippen LogP contribution is -2.17. The van der Waals surface area contributed by atoms with E-state index >= 15 is 0 Å². The molecule has 20 heavy (non-hydrogen) atoms. The van der Waals surface area contributed by atoms with Crippen LogP contribution in [0.3, 0.4) is 0 Å². The van der Waals surface area contributed by atoms with E-state index in [0.717, 1.165) is 10.0 Å². The van der Waals surface area contributed by atoms with E-state index in [1.807, 2.05) is 19.1 Å². The Morgan fingerprint density at radius 1 is 1.45 bits per heavy atom. The van der Waals surface area contributed by atoms with Gasteiger partial charge in [-0.2, -0.15) is 0 Å². The van der Waals surface area contributed by atoms with E-state index in [4.69, 9.17) is 21.7 Å². The van der Waals surface area contributed by atoms with E-state index in [-0.39, 0.29) is 5.91 Å². The number of hydrogen-bond acceptors (Lipinski definition) is 5. The maximum atomic E-state index is 11.7. The lowest BCUT2D eigenvalue weighted by molar-refractivity contribution is -0.115. The van der Waals surface area contributed by atoms with Crippen LogP contribution in [0.15, 0.2) is 21.5 Å². The fourth-order valence-electron chi connectivity index (χ4n) is 1.65. The van der Waals surface area contributed by atoms with E-state index in [1.54, 1.807) is 13.2 Å². The number of carbonyl (C=O) groups is 1. The summed E-state index contributed by atoms with van der Waals surface area (Å²) in [5.41, 5.74) is 0.830. The summed E-state index contributed by atoms with van der Waals surface area (Å²) in [6, 6.07) is 3.64. The van der Waals surface area contributed by atoms with Crippen molar-refractivity contribution in [1.82, 2.24) is 5.32 Å². The lowest BCUT2D eigenvalue weighted by Gasteiger charge is -2.11. The van der Waals surface area contributed by atoms with Gasteiger partial charge in [0.15, 0.2) is 11.5 Å². The molecular formula is C13H12BrNO3S2. The van der Waals surface area contributed by atoms with Gasteiger partial charge in [0.25, 0.3) is 5.91 Å². The summed E-state index contributed by atoms with van der Waals surface area (Å²) in [5, 5.41) is 2.58. The summed E-state index contributed by atoms with van der Waals surface area (Å²) in [6.45, 7) is 2.44. The van der Waals surface area contributed by atoms with Crippen molar-refractivity contribution in [3.63, 3.8) is 0 Å². The summed E-state index contributed by atoms with van der Waals surface area (Å²) in [4.78, 5) is 12.2. The SMILES string of the molecule is CCOc1cc(/C=C2/SC(=S)NC2=O)c(Br)cc1OC. The molecule has 1 aromatic carbocycles. The first-order chi connectivity index (χ1) is 9.55. The molecule has 0 unspecified atom stereocenters. The maximum Gasteiger partial charge on any atom is 0.263 e. The number of rotatable bonds is 4. The number of thioether (sulfide) groups is 1. The first kappa shape index (κ1) is 15.3. The zero-order valence-corrected chi connectivity index (χ0v) is 14.1. The van der Waals surface area contributed by atoms with Crippen LogP contribution in [0.5, 0.6) is 11.5 Å². The van der Waals surface area contributed by atoms with Crippen LogP contribution in [0.2, 0.25) is 0 Å². The fourth-order valence-corrected chi connectivity index (χ4v) is 3.12. The molecule has 0 saturated carbocycles. The highest BCUT2D eigenvalue weighted by molar-refractivity contribution is 9.10. The van der Waals surface area contributed by atoms with Gasteiger partial charge in [-0.1, -0.05) is 39.9 Å². The number of ether oxygens (including phenoxy) is 2. The molecule has 1 fully saturated rings. The molecule has 0 atom stereocenters. The van der Waals surface area contributed by atoms with Crippen LogP contribution in [0.1, 0.15) is 12.5 Å². The minimum absolute atomic E-state index is 0.180. The monoisotopic (exact) mass is 373 g/mol. The van der Waals surface area contributed by atoms with Crippen LogP contribution in [-0.2, 0) is 4.79 Å². The molecule has 1 saturated heterocycles. The van der Waals surface area contributed by atoms with Crippen molar-refractivity contribution in [2.75, 3.05) is 13.7 Å². The molecule has 0 aliphatic carbocycles. The Hall–Kier alpha value is -1.05. The second-order valence-corrected chi connectivity index (χ2v) is 6.38. The van der Waals surface area contributed by atoms with Crippen molar-refractivity contribution in [2.24, 2.45) is 0 Å². The van der Waals surface area contributed by atoms with Gasteiger partial charge in [0.05, 0.1) is 18.6 Å². The predicted octanol–water partition coefficient (Wildman–Crippen LogP) is 3.35. The van der Waals surface area contributed by atoms with Gasteiger partial charge in [-0.3, -0.25) is 4.79 Å². The van der Waals surface area contributed by atoms with Crippen molar-refractivity contribution in [2.45, 2.75) is 6.92 Å². The summed E-state index contributed by atoms with van der Waals surface area (Å²) < 4.78 is 12.1. The Labute approximate surface area is 135 Å². The molecule has 106 valence electrons. The molecule has 0 aromatic heterocycles. The normalized spacial score (nSPS) is 16.4. The number of benzene rings is 1. The maximum absolute atomic E-state index is 11.7. The minimum atomic E-state index is -0.180. The molecule has 0 bridgehead atoms. The standard InChI is InChI=1S/C13H12BrNO3S2/c1-3-18-10-4-7(8(14)6-9(10)17-2)5-11-12(16)15-13(19)20-11/h4-6H,3H2,1-2H3,(H,15,16,19)/b11-5+. The quantitative estimate of drug-likeness (QED) is 0.647. The van der Waals surface area contributed by atoms with Gasteiger partial charge in [0.2, 0.25) is 0 Å². The fraction of sp³-hybridized carbons (Fsp3) is 0.231. The van der Waals surface area contributed by atoms with Gasteiger partial charge in [0.1, 0.15) is 4.32 Å². The van der Waals surface area contributed by atoms with Gasteiger partial charge >= 0.3 is 0 Å². The molecule has 2 rings (SSSR count). The molecule has 1 N–H and O–H groups in total. The number of thiocarbonyl (C=S) groups is 1. The summed E-state index contributed by atoms with van der Waals surface area (Å²) >= 11 is 9.67. The molecule has 0 radical (unpaired) electrons. The van der Waals surface area contributed by atoms with Gasteiger partial charge in [-0.25, -0.2) is 0 Å². The highest BCUT2D eigenvalue weighted by Crippen LogP contribution is 2.36. The first-order valence-electron chi connectivity index (χ1n) is 5.80. The Balaban J connectivity index is 2.41. The van der Waals surface area contributed by atoms with E-state index in [0.29, 0.717) is 27.3 Å². The molecule has 7 heteroatoms. The number of carbonyl (C=O) groups excluding carboxylic acids is 1. The van der Waals surface area contributed by atoms with Crippen LogP contribution in [-0.4, -0.2) is 23.9 Å². The Kier molecular flexibility index (Phi) is 5.06. The average Bonchev–Trinajstić information content (AvgIpc) is 2.71. The summed E-state index contributed by atoms with van der Waals surface area (Å²) in [7, 11) is 1.58. The number of halogens is 1. The molecule has 4 nitrogen and oxygen atoms in total. The van der Waals surface area contributed by atoms with Crippen molar-refractivity contribution in [3.05, 3.63) is 27.1 Å². The van der Waals surface area contributed by atoms with Crippen LogP contribution in [0.25, 0.3) is 6.08 Å². The van der Waals surface area contributed by atoms with Crippen LogP contribution in [0, 0.1) is 0 Å². The topological polar surface area (TPSA) is 47.6 Å². The number of amides is 1. The third-order valence-corrected chi connectivity index (χ3v) is 4.36. The molecule has 1 aromatic rings. The summed E-state index contributed by atoms with van der Waals surface area (Å²) in [5.74, 6) is 1.09. The van der Waals surface area contributed by atoms with Gasteiger partial charge < -0.3 is 14.8 Å². The van der Waals surface area contributed by atoms with Crippen molar-refractivity contribution in [1.29, 1.82) is 0 Å². The van der Waals surface area contributed by atoms with Crippen LogP contribution < -0.4 is 14.8 Å². The van der Waals surface area contributed by atoms with Gasteiger partial charge in [0, 0.05) is 4.47 Å². The second kappa shape index (κ2) is 6.60. The third-order valence-electron chi connectivity index (χ3n) is 2.51. The highest BCUT2D eigenvalue weighted by Gasteiger charge is 2.22. The molecule has 1 aliphatic heterocycles. The molecule has 0 spiro atoms. The number of methoxy groups -OCH3 is 1. The van der Waals surface area contributed by atoms with E-state index < -0.39 is 0 Å². The molecular weight excluding hydrogens is 362 g/mol. The Morgan fingerprint density at radius 2 is 2.20 bits per heavy atom. The Bertz CT molecular complexity index is 602. The molecule has 1 aliphatic rings. The zero-order valence-electron chi connectivity index (χ0n) is 10.9. The van der Waals surface area contributed by atoms with Crippen molar-refractivity contribution in [3.8, 4) is 11.5 Å². The van der Waals surface area contributed by atoms with E-state index in [1.165, 1.54) is 11.8 Å². The highest BCUT2D eigenvalue weighted by atomic mass is 79.9. The van der Waals surface area contributed by atoms with Crippen molar-refractivity contribution < 1.29 is 14.3 Å². The molecule has 1 heterocycles. The van der Waals surface area contributed by atoms with Gasteiger partial charge in [-0.05, 0) is 30.7 Å². The Morgan fingerprint density at radius 3 is 2.75 bits per heavy atom. The summed E-state index contributed by atoms with van der Waals surface area (Å²) in [6.07, 6.45) is 1.77. The predicted molar refractivity (Wildman–Crippen MR) is 88.2 cm³/mol. The smallest absolute Gasteiger partial charge is 0.263 e. The first-order valence-corrected chi connectivity index (χ1v) is 7.82. The third kappa shape index (κ3) is 3.34. The second-order valence-electron chi connectivity index (χ2n) is 3.81. The van der Waals surface area contributed by atoms with E-state index in [2.05, 4.69) is 21.2 Å². The van der Waals surface area contributed by atoms with Crippen LogP contribution in [0.4, 0.5) is 0 Å². The van der Waals surface area contributed by atoms with E-state index in [9.17, 15) is 4.79 Å². The lowest BCUT2D eigenvalue weighted by atomic mass is 10.2. The molecule has 1 amide bonds. The largest absolute Gasteiger partial charge is 0.493 e.